The molecule has 0 unspecified atom stereocenters. The van der Waals surface area contributed by atoms with Crippen LogP contribution in [0.3, 0.4) is 0 Å². The number of sulfonamides is 1. The fourth-order valence-corrected chi connectivity index (χ4v) is 6.80. The van der Waals surface area contributed by atoms with Gasteiger partial charge in [-0.05, 0) is 57.6 Å². The molecule has 1 aromatic heterocycles. The first-order valence-electron chi connectivity index (χ1n) is 12.7. The highest BCUT2D eigenvalue weighted by molar-refractivity contribution is 7.89. The van der Waals surface area contributed by atoms with Crippen LogP contribution < -0.4 is 11.1 Å². The largest absolute Gasteiger partial charge is 0.420 e. The molecule has 1 aromatic carbocycles. The lowest BCUT2D eigenvalue weighted by atomic mass is 9.93. The van der Waals surface area contributed by atoms with E-state index in [2.05, 4.69) is 5.32 Å². The van der Waals surface area contributed by atoms with Crippen LogP contribution in [0.5, 0.6) is 0 Å². The summed E-state index contributed by atoms with van der Waals surface area (Å²) in [6.45, 7) is 4.53. The zero-order valence-electron chi connectivity index (χ0n) is 20.3. The minimum atomic E-state index is -3.70. The number of carbonyl (C=O) groups is 1. The molecule has 2 aliphatic rings. The van der Waals surface area contributed by atoms with E-state index in [9.17, 15) is 18.0 Å². The molecule has 2 fully saturated rings. The third-order valence-electron chi connectivity index (χ3n) is 7.26. The minimum Gasteiger partial charge on any atom is -0.408 e. The molecule has 4 rings (SSSR count). The van der Waals surface area contributed by atoms with Gasteiger partial charge in [0.05, 0.1) is 10.4 Å². The normalized spacial score (nSPS) is 19.9. The van der Waals surface area contributed by atoms with Crippen molar-refractivity contribution in [2.75, 3.05) is 13.1 Å². The van der Waals surface area contributed by atoms with E-state index in [0.717, 1.165) is 12.8 Å². The summed E-state index contributed by atoms with van der Waals surface area (Å²) in [6.07, 6.45) is 10.1. The highest BCUT2D eigenvalue weighted by atomic mass is 32.2. The highest BCUT2D eigenvalue weighted by Gasteiger charge is 2.31. The summed E-state index contributed by atoms with van der Waals surface area (Å²) in [4.78, 5) is 24.9. The molecule has 9 heteroatoms. The Morgan fingerprint density at radius 2 is 1.71 bits per heavy atom. The van der Waals surface area contributed by atoms with Crippen molar-refractivity contribution in [2.45, 2.75) is 95.0 Å². The van der Waals surface area contributed by atoms with Crippen molar-refractivity contribution < 1.29 is 17.6 Å². The van der Waals surface area contributed by atoms with Crippen LogP contribution in [0.1, 0.15) is 84.1 Å². The standard InChI is InChI=1S/C25H37N3O5S/c1-18(2)28-22-11-10-21(17-23(22)33-25(28)30)34(31,32)27-14-12-19(13-15-27)16-24(29)26-20-8-6-4-3-5-7-9-20/h10-11,17-20H,3-9,12-16H2,1-2H3,(H,26,29). The van der Waals surface area contributed by atoms with Gasteiger partial charge in [0.2, 0.25) is 15.9 Å². The Labute approximate surface area is 201 Å². The lowest BCUT2D eigenvalue weighted by molar-refractivity contribution is -0.123. The molecule has 2 heterocycles. The van der Waals surface area contributed by atoms with Crippen molar-refractivity contribution in [3.8, 4) is 0 Å². The van der Waals surface area contributed by atoms with E-state index >= 15 is 0 Å². The van der Waals surface area contributed by atoms with Crippen molar-refractivity contribution in [3.63, 3.8) is 0 Å². The number of piperidine rings is 1. The lowest BCUT2D eigenvalue weighted by Crippen LogP contribution is -2.41. The van der Waals surface area contributed by atoms with Gasteiger partial charge in [-0.15, -0.1) is 0 Å². The van der Waals surface area contributed by atoms with Gasteiger partial charge in [0.15, 0.2) is 5.58 Å². The predicted molar refractivity (Wildman–Crippen MR) is 131 cm³/mol. The summed E-state index contributed by atoms with van der Waals surface area (Å²) in [5.74, 6) is -0.194. The fourth-order valence-electron chi connectivity index (χ4n) is 5.32. The monoisotopic (exact) mass is 491 g/mol. The molecule has 1 aliphatic carbocycles. The molecule has 1 aliphatic heterocycles. The van der Waals surface area contributed by atoms with Gasteiger partial charge < -0.3 is 9.73 Å². The number of aromatic nitrogens is 1. The van der Waals surface area contributed by atoms with Crippen LogP contribution in [0.15, 0.2) is 32.3 Å². The van der Waals surface area contributed by atoms with Gasteiger partial charge in [-0.25, -0.2) is 13.2 Å². The van der Waals surface area contributed by atoms with Crippen LogP contribution in [0.25, 0.3) is 11.1 Å². The van der Waals surface area contributed by atoms with E-state index in [-0.39, 0.29) is 34.4 Å². The third-order valence-corrected chi connectivity index (χ3v) is 9.15. The summed E-state index contributed by atoms with van der Waals surface area (Å²) in [5, 5.41) is 3.22. The van der Waals surface area contributed by atoms with Gasteiger partial charge >= 0.3 is 5.76 Å². The second-order valence-corrected chi connectivity index (χ2v) is 12.1. The number of carbonyl (C=O) groups excluding carboxylic acids is 1. The molecule has 0 bridgehead atoms. The Bertz CT molecular complexity index is 1150. The van der Waals surface area contributed by atoms with Gasteiger partial charge in [0, 0.05) is 37.7 Å². The number of rotatable bonds is 6. The summed E-state index contributed by atoms with van der Waals surface area (Å²) in [5.41, 5.74) is 0.869. The number of nitrogens with zero attached hydrogens (tertiary/aromatic N) is 2. The van der Waals surface area contributed by atoms with Crippen molar-refractivity contribution in [1.29, 1.82) is 0 Å². The average molecular weight is 492 g/mol. The molecule has 0 spiro atoms. The Balaban J connectivity index is 1.35. The predicted octanol–water partition coefficient (Wildman–Crippen LogP) is 4.20. The van der Waals surface area contributed by atoms with Crippen LogP contribution in [-0.2, 0) is 14.8 Å². The molecule has 1 saturated heterocycles. The van der Waals surface area contributed by atoms with Gasteiger partial charge in [-0.3, -0.25) is 9.36 Å². The lowest BCUT2D eigenvalue weighted by Gasteiger charge is -2.31. The number of fused-ring (bicyclic) bond motifs is 1. The van der Waals surface area contributed by atoms with Gasteiger partial charge in [0.1, 0.15) is 0 Å². The fraction of sp³-hybridized carbons (Fsp3) is 0.680. The first-order valence-corrected chi connectivity index (χ1v) is 14.1. The summed E-state index contributed by atoms with van der Waals surface area (Å²) in [7, 11) is -3.70. The molecule has 0 atom stereocenters. The van der Waals surface area contributed by atoms with E-state index in [1.807, 2.05) is 13.8 Å². The minimum absolute atomic E-state index is 0.0838. The van der Waals surface area contributed by atoms with E-state index < -0.39 is 15.8 Å². The maximum atomic E-state index is 13.2. The molecular weight excluding hydrogens is 454 g/mol. The topological polar surface area (TPSA) is 102 Å². The van der Waals surface area contributed by atoms with Crippen LogP contribution in [0.4, 0.5) is 0 Å². The molecule has 1 N–H and O–H groups in total. The summed E-state index contributed by atoms with van der Waals surface area (Å²) < 4.78 is 34.8. The molecule has 1 amide bonds. The van der Waals surface area contributed by atoms with Crippen LogP contribution in [-0.4, -0.2) is 42.3 Å². The zero-order chi connectivity index (χ0) is 24.3. The van der Waals surface area contributed by atoms with Crippen LogP contribution in [0, 0.1) is 5.92 Å². The number of benzene rings is 1. The smallest absolute Gasteiger partial charge is 0.408 e. The molecule has 188 valence electrons. The van der Waals surface area contributed by atoms with Crippen molar-refractivity contribution in [3.05, 3.63) is 28.7 Å². The quantitative estimate of drug-likeness (QED) is 0.653. The average Bonchev–Trinajstić information content (AvgIpc) is 3.11. The number of oxazole rings is 1. The number of hydrogen-bond donors (Lipinski definition) is 1. The van der Waals surface area contributed by atoms with Crippen LogP contribution >= 0.6 is 0 Å². The maximum Gasteiger partial charge on any atom is 0.420 e. The Morgan fingerprint density at radius 1 is 1.06 bits per heavy atom. The first kappa shape index (κ1) is 25.0. The van der Waals surface area contributed by atoms with Crippen LogP contribution in [0.2, 0.25) is 0 Å². The van der Waals surface area contributed by atoms with Gasteiger partial charge in [0.25, 0.3) is 0 Å². The van der Waals surface area contributed by atoms with E-state index in [4.69, 9.17) is 4.42 Å². The van der Waals surface area contributed by atoms with Gasteiger partial charge in [-0.2, -0.15) is 4.31 Å². The summed E-state index contributed by atoms with van der Waals surface area (Å²) >= 11 is 0. The van der Waals surface area contributed by atoms with E-state index in [0.29, 0.717) is 37.9 Å². The SMILES string of the molecule is CC(C)n1c(=O)oc2cc(S(=O)(=O)N3CCC(CC(=O)NC4CCCCCCC4)CC3)ccc21. The molecule has 8 nitrogen and oxygen atoms in total. The molecule has 0 radical (unpaired) electrons. The van der Waals surface area contributed by atoms with Crippen molar-refractivity contribution in [1.82, 2.24) is 14.2 Å². The number of amides is 1. The molecule has 2 aromatic rings. The second-order valence-electron chi connectivity index (χ2n) is 10.1. The summed E-state index contributed by atoms with van der Waals surface area (Å²) in [6, 6.07) is 4.83. The Kier molecular flexibility index (Phi) is 7.82. The molecule has 34 heavy (non-hydrogen) atoms. The van der Waals surface area contributed by atoms with Crippen molar-refractivity contribution in [2.24, 2.45) is 5.92 Å². The maximum absolute atomic E-state index is 13.2. The molecule has 1 saturated carbocycles. The number of nitrogens with one attached hydrogen (secondary N) is 1. The number of hydrogen-bond acceptors (Lipinski definition) is 5. The molecular formula is C25H37N3O5S. The second kappa shape index (κ2) is 10.6. The zero-order valence-corrected chi connectivity index (χ0v) is 21.1. The first-order chi connectivity index (χ1) is 16.3. The third kappa shape index (κ3) is 5.57. The Hall–Kier alpha value is -2.13. The Morgan fingerprint density at radius 3 is 2.35 bits per heavy atom. The highest BCUT2D eigenvalue weighted by Crippen LogP contribution is 2.28. The van der Waals surface area contributed by atoms with Crippen molar-refractivity contribution >= 4 is 27.0 Å². The van der Waals surface area contributed by atoms with Gasteiger partial charge in [-0.1, -0.05) is 32.1 Å². The van der Waals surface area contributed by atoms with E-state index in [1.165, 1.54) is 47.0 Å². The van der Waals surface area contributed by atoms with E-state index in [1.54, 1.807) is 12.1 Å².